The first kappa shape index (κ1) is 15.3. The van der Waals surface area contributed by atoms with Gasteiger partial charge in [-0.25, -0.2) is 0 Å². The molecule has 0 amide bonds. The van der Waals surface area contributed by atoms with Gasteiger partial charge >= 0.3 is 0 Å². The summed E-state index contributed by atoms with van der Waals surface area (Å²) in [6, 6.07) is 4.12. The molecule has 3 nitrogen and oxygen atoms in total. The predicted octanol–water partition coefficient (Wildman–Crippen LogP) is 3.93. The van der Waals surface area contributed by atoms with E-state index in [1.165, 1.54) is 32.1 Å². The van der Waals surface area contributed by atoms with Crippen LogP contribution in [-0.2, 0) is 6.54 Å². The second-order valence-corrected chi connectivity index (χ2v) is 5.83. The Morgan fingerprint density at radius 1 is 1.20 bits per heavy atom. The van der Waals surface area contributed by atoms with E-state index in [9.17, 15) is 0 Å². The highest BCUT2D eigenvalue weighted by atomic mass is 16.5. The van der Waals surface area contributed by atoms with Gasteiger partial charge in [-0.3, -0.25) is 4.98 Å². The van der Waals surface area contributed by atoms with Gasteiger partial charge in [-0.2, -0.15) is 0 Å². The second-order valence-electron chi connectivity index (χ2n) is 5.83. The molecular weight excluding hydrogens is 248 g/mol. The zero-order chi connectivity index (χ0) is 14.2. The highest BCUT2D eigenvalue weighted by Crippen LogP contribution is 2.29. The molecular formula is C17H28N2O. The van der Waals surface area contributed by atoms with Crippen LogP contribution in [0.2, 0.25) is 0 Å². The smallest absolute Gasteiger partial charge is 0.138 e. The summed E-state index contributed by atoms with van der Waals surface area (Å²) in [5.74, 6) is 1.84. The number of hydrogen-bond acceptors (Lipinski definition) is 3. The van der Waals surface area contributed by atoms with Crippen molar-refractivity contribution >= 4 is 0 Å². The summed E-state index contributed by atoms with van der Waals surface area (Å²) in [5, 5.41) is 3.36. The van der Waals surface area contributed by atoms with Crippen molar-refractivity contribution in [2.75, 3.05) is 6.54 Å². The number of nitrogens with zero attached hydrogens (tertiary/aromatic N) is 1. The molecule has 0 bridgehead atoms. The highest BCUT2D eigenvalue weighted by Gasteiger charge is 2.21. The fraction of sp³-hybridized carbons (Fsp3) is 0.706. The van der Waals surface area contributed by atoms with Crippen molar-refractivity contribution in [1.29, 1.82) is 0 Å². The Kier molecular flexibility index (Phi) is 6.31. The van der Waals surface area contributed by atoms with Crippen LogP contribution in [0, 0.1) is 5.92 Å². The molecule has 1 saturated carbocycles. The Hall–Kier alpha value is -1.09. The molecule has 112 valence electrons. The standard InChI is InChI=1S/C17H28N2O/c1-3-11-18-12-15-7-10-17(13-19-15)20-16-8-5-14(4-2)6-9-16/h7,10,13-14,16,18H,3-6,8-9,11-12H2,1-2H3. The second kappa shape index (κ2) is 8.25. The molecule has 0 aromatic carbocycles. The lowest BCUT2D eigenvalue weighted by Crippen LogP contribution is -2.24. The van der Waals surface area contributed by atoms with Crippen molar-refractivity contribution in [3.05, 3.63) is 24.0 Å². The first-order valence-corrected chi connectivity index (χ1v) is 8.14. The van der Waals surface area contributed by atoms with E-state index in [0.717, 1.165) is 36.9 Å². The minimum atomic E-state index is 0.392. The van der Waals surface area contributed by atoms with Crippen molar-refractivity contribution in [2.45, 2.75) is 65.0 Å². The Labute approximate surface area is 123 Å². The largest absolute Gasteiger partial charge is 0.489 e. The fourth-order valence-electron chi connectivity index (χ4n) is 2.83. The summed E-state index contributed by atoms with van der Waals surface area (Å²) in [7, 11) is 0. The molecule has 1 fully saturated rings. The van der Waals surface area contributed by atoms with Gasteiger partial charge in [0.1, 0.15) is 5.75 Å². The van der Waals surface area contributed by atoms with E-state index in [1.54, 1.807) is 0 Å². The molecule has 1 aromatic rings. The van der Waals surface area contributed by atoms with E-state index < -0.39 is 0 Å². The number of ether oxygens (including phenoxy) is 1. The van der Waals surface area contributed by atoms with Gasteiger partial charge in [0.15, 0.2) is 0 Å². The van der Waals surface area contributed by atoms with E-state index >= 15 is 0 Å². The SMILES string of the molecule is CCCNCc1ccc(OC2CCC(CC)CC2)cn1. The highest BCUT2D eigenvalue weighted by molar-refractivity contribution is 5.20. The third kappa shape index (κ3) is 4.78. The van der Waals surface area contributed by atoms with Crippen LogP contribution in [0.25, 0.3) is 0 Å². The third-order valence-electron chi connectivity index (χ3n) is 4.20. The molecule has 0 saturated heterocycles. The van der Waals surface area contributed by atoms with E-state index in [4.69, 9.17) is 4.74 Å². The van der Waals surface area contributed by atoms with Gasteiger partial charge in [0, 0.05) is 6.54 Å². The van der Waals surface area contributed by atoms with Crippen LogP contribution in [0.4, 0.5) is 0 Å². The molecule has 0 unspecified atom stereocenters. The van der Waals surface area contributed by atoms with Crippen molar-refractivity contribution in [2.24, 2.45) is 5.92 Å². The van der Waals surface area contributed by atoms with Crippen LogP contribution in [0.1, 0.15) is 58.1 Å². The molecule has 20 heavy (non-hydrogen) atoms. The maximum atomic E-state index is 6.05. The lowest BCUT2D eigenvalue weighted by molar-refractivity contribution is 0.129. The van der Waals surface area contributed by atoms with Gasteiger partial charge in [0.05, 0.1) is 18.0 Å². The summed E-state index contributed by atoms with van der Waals surface area (Å²) in [4.78, 5) is 4.46. The minimum absolute atomic E-state index is 0.392. The average Bonchev–Trinajstić information content (AvgIpc) is 2.50. The summed E-state index contributed by atoms with van der Waals surface area (Å²) in [6.45, 7) is 6.35. The van der Waals surface area contributed by atoms with E-state index in [0.29, 0.717) is 6.10 Å². The van der Waals surface area contributed by atoms with Gasteiger partial charge < -0.3 is 10.1 Å². The summed E-state index contributed by atoms with van der Waals surface area (Å²) in [6.07, 6.45) is 9.74. The van der Waals surface area contributed by atoms with Crippen LogP contribution in [0.15, 0.2) is 18.3 Å². The van der Waals surface area contributed by atoms with Crippen LogP contribution < -0.4 is 10.1 Å². The van der Waals surface area contributed by atoms with Crippen molar-refractivity contribution < 1.29 is 4.74 Å². The number of pyridine rings is 1. The zero-order valence-electron chi connectivity index (χ0n) is 12.9. The normalized spacial score (nSPS) is 22.7. The Balaban J connectivity index is 1.76. The van der Waals surface area contributed by atoms with Gasteiger partial charge in [0.25, 0.3) is 0 Å². The molecule has 0 spiro atoms. The quantitative estimate of drug-likeness (QED) is 0.766. The third-order valence-corrected chi connectivity index (χ3v) is 4.20. The summed E-state index contributed by atoms with van der Waals surface area (Å²) >= 11 is 0. The van der Waals surface area contributed by atoms with E-state index in [-0.39, 0.29) is 0 Å². The molecule has 3 heteroatoms. The van der Waals surface area contributed by atoms with Crippen LogP contribution >= 0.6 is 0 Å². The van der Waals surface area contributed by atoms with E-state index in [2.05, 4.69) is 36.3 Å². The molecule has 1 heterocycles. The Morgan fingerprint density at radius 3 is 2.60 bits per heavy atom. The number of rotatable bonds is 7. The fourth-order valence-corrected chi connectivity index (χ4v) is 2.83. The summed E-state index contributed by atoms with van der Waals surface area (Å²) < 4.78 is 6.05. The zero-order valence-corrected chi connectivity index (χ0v) is 12.9. The van der Waals surface area contributed by atoms with Gasteiger partial charge in [-0.15, -0.1) is 0 Å². The predicted molar refractivity (Wildman–Crippen MR) is 82.9 cm³/mol. The molecule has 0 atom stereocenters. The van der Waals surface area contributed by atoms with Crippen LogP contribution in [-0.4, -0.2) is 17.6 Å². The monoisotopic (exact) mass is 276 g/mol. The number of hydrogen-bond donors (Lipinski definition) is 1. The molecule has 1 aliphatic carbocycles. The van der Waals surface area contributed by atoms with Crippen molar-refractivity contribution in [3.8, 4) is 5.75 Å². The van der Waals surface area contributed by atoms with Gasteiger partial charge in [-0.1, -0.05) is 20.3 Å². The Morgan fingerprint density at radius 2 is 2.00 bits per heavy atom. The molecule has 2 rings (SSSR count). The topological polar surface area (TPSA) is 34.1 Å². The van der Waals surface area contributed by atoms with E-state index in [1.807, 2.05) is 6.20 Å². The van der Waals surface area contributed by atoms with Gasteiger partial charge in [0.2, 0.25) is 0 Å². The minimum Gasteiger partial charge on any atom is -0.489 e. The number of aromatic nitrogens is 1. The van der Waals surface area contributed by atoms with Crippen LogP contribution in [0.5, 0.6) is 5.75 Å². The lowest BCUT2D eigenvalue weighted by Gasteiger charge is -2.28. The van der Waals surface area contributed by atoms with Gasteiger partial charge in [-0.05, 0) is 56.7 Å². The van der Waals surface area contributed by atoms with Crippen molar-refractivity contribution in [3.63, 3.8) is 0 Å². The number of nitrogens with one attached hydrogen (secondary N) is 1. The maximum absolute atomic E-state index is 6.05. The first-order chi connectivity index (χ1) is 9.81. The van der Waals surface area contributed by atoms with Crippen LogP contribution in [0.3, 0.4) is 0 Å². The molecule has 1 aromatic heterocycles. The molecule has 1 aliphatic rings. The molecule has 0 aliphatic heterocycles. The molecule has 1 N–H and O–H groups in total. The maximum Gasteiger partial charge on any atom is 0.138 e. The first-order valence-electron chi connectivity index (χ1n) is 8.14. The van der Waals surface area contributed by atoms with Crippen molar-refractivity contribution in [1.82, 2.24) is 10.3 Å². The average molecular weight is 276 g/mol. The summed E-state index contributed by atoms with van der Waals surface area (Å²) in [5.41, 5.74) is 1.08. The lowest BCUT2D eigenvalue weighted by atomic mass is 9.86. The molecule has 0 radical (unpaired) electrons. The Bertz CT molecular complexity index is 369.